The van der Waals surface area contributed by atoms with E-state index in [1.807, 2.05) is 0 Å². The SMILES string of the molecule is O=C(c1cc(Cl)cc(Br)c1)N1CC[C@@H](O)C1. The highest BCUT2D eigenvalue weighted by molar-refractivity contribution is 9.10. The Morgan fingerprint density at radius 3 is 2.81 bits per heavy atom. The van der Waals surface area contributed by atoms with Gasteiger partial charge >= 0.3 is 0 Å². The Balaban J connectivity index is 2.20. The Kier molecular flexibility index (Phi) is 3.52. The van der Waals surface area contributed by atoms with E-state index in [4.69, 9.17) is 11.6 Å². The predicted molar refractivity (Wildman–Crippen MR) is 65.7 cm³/mol. The van der Waals surface area contributed by atoms with Crippen LogP contribution in [0.5, 0.6) is 0 Å². The molecule has 1 N–H and O–H groups in total. The number of rotatable bonds is 1. The number of halogens is 2. The van der Waals surface area contributed by atoms with E-state index in [1.54, 1.807) is 23.1 Å². The average Bonchev–Trinajstić information content (AvgIpc) is 2.62. The molecule has 1 heterocycles. The number of aliphatic hydroxyl groups is 1. The van der Waals surface area contributed by atoms with Gasteiger partial charge in [0, 0.05) is 28.1 Å². The number of aliphatic hydroxyl groups excluding tert-OH is 1. The van der Waals surface area contributed by atoms with Crippen LogP contribution in [0.4, 0.5) is 0 Å². The van der Waals surface area contributed by atoms with Gasteiger partial charge in [0.1, 0.15) is 0 Å². The molecule has 0 radical (unpaired) electrons. The normalized spacial score (nSPS) is 20.2. The van der Waals surface area contributed by atoms with Crippen LogP contribution >= 0.6 is 27.5 Å². The lowest BCUT2D eigenvalue weighted by atomic mass is 10.2. The van der Waals surface area contributed by atoms with Gasteiger partial charge < -0.3 is 10.0 Å². The third kappa shape index (κ3) is 2.56. The van der Waals surface area contributed by atoms with Gasteiger partial charge in [-0.3, -0.25) is 4.79 Å². The molecule has 1 saturated heterocycles. The van der Waals surface area contributed by atoms with Crippen molar-refractivity contribution in [3.8, 4) is 0 Å². The Morgan fingerprint density at radius 2 is 2.25 bits per heavy atom. The Morgan fingerprint density at radius 1 is 1.50 bits per heavy atom. The molecule has 1 aromatic rings. The fraction of sp³-hybridized carbons (Fsp3) is 0.364. The van der Waals surface area contributed by atoms with E-state index in [1.165, 1.54) is 0 Å². The zero-order valence-electron chi connectivity index (χ0n) is 8.49. The second-order valence-corrected chi connectivity index (χ2v) is 5.20. The number of nitrogens with zero attached hydrogens (tertiary/aromatic N) is 1. The molecule has 0 spiro atoms. The summed E-state index contributed by atoms with van der Waals surface area (Å²) in [5, 5.41) is 9.90. The highest BCUT2D eigenvalue weighted by Crippen LogP contribution is 2.22. The smallest absolute Gasteiger partial charge is 0.254 e. The van der Waals surface area contributed by atoms with Crippen molar-refractivity contribution >= 4 is 33.4 Å². The molecule has 1 atom stereocenters. The third-order valence-corrected chi connectivity index (χ3v) is 3.24. The monoisotopic (exact) mass is 303 g/mol. The van der Waals surface area contributed by atoms with E-state index in [9.17, 15) is 9.90 Å². The number of β-amino-alcohol motifs (C(OH)–C–C–N with tert-alkyl or cyclic N) is 1. The maximum atomic E-state index is 12.0. The average molecular weight is 305 g/mol. The molecule has 5 heteroatoms. The summed E-state index contributed by atoms with van der Waals surface area (Å²) in [5.41, 5.74) is 0.550. The molecule has 0 saturated carbocycles. The largest absolute Gasteiger partial charge is 0.391 e. The fourth-order valence-corrected chi connectivity index (χ4v) is 2.65. The first-order chi connectivity index (χ1) is 7.56. The third-order valence-electron chi connectivity index (χ3n) is 2.56. The number of carbonyl (C=O) groups is 1. The molecule has 0 aliphatic carbocycles. The number of hydrogen-bond acceptors (Lipinski definition) is 2. The lowest BCUT2D eigenvalue weighted by Crippen LogP contribution is -2.29. The molecule has 86 valence electrons. The summed E-state index contributed by atoms with van der Waals surface area (Å²) in [5.74, 6) is -0.0836. The van der Waals surface area contributed by atoms with E-state index >= 15 is 0 Å². The Bertz CT molecular complexity index is 404. The number of amides is 1. The molecular formula is C11H11BrClNO2. The van der Waals surface area contributed by atoms with Gasteiger partial charge in [-0.1, -0.05) is 27.5 Å². The predicted octanol–water partition coefficient (Wildman–Crippen LogP) is 2.31. The molecule has 16 heavy (non-hydrogen) atoms. The van der Waals surface area contributed by atoms with E-state index < -0.39 is 6.10 Å². The van der Waals surface area contributed by atoms with Crippen LogP contribution in [0.1, 0.15) is 16.8 Å². The number of carbonyl (C=O) groups excluding carboxylic acids is 1. The summed E-state index contributed by atoms with van der Waals surface area (Å²) in [6.45, 7) is 1.01. The van der Waals surface area contributed by atoms with Crippen LogP contribution in [0.3, 0.4) is 0 Å². The summed E-state index contributed by atoms with van der Waals surface area (Å²) in [6, 6.07) is 5.11. The summed E-state index contributed by atoms with van der Waals surface area (Å²) in [4.78, 5) is 13.7. The van der Waals surface area contributed by atoms with Gasteiger partial charge in [0.25, 0.3) is 5.91 Å². The first-order valence-corrected chi connectivity index (χ1v) is 6.17. The maximum absolute atomic E-state index is 12.0. The summed E-state index contributed by atoms with van der Waals surface area (Å²) >= 11 is 9.18. The molecule has 1 amide bonds. The molecule has 1 fully saturated rings. The second-order valence-electron chi connectivity index (χ2n) is 3.85. The molecule has 3 nitrogen and oxygen atoms in total. The molecule has 1 aromatic carbocycles. The van der Waals surface area contributed by atoms with E-state index in [0.29, 0.717) is 30.1 Å². The molecule has 0 unspecified atom stereocenters. The van der Waals surface area contributed by atoms with Gasteiger partial charge in [-0.15, -0.1) is 0 Å². The molecule has 1 aliphatic rings. The summed E-state index contributed by atoms with van der Waals surface area (Å²) in [7, 11) is 0. The quantitative estimate of drug-likeness (QED) is 0.865. The fourth-order valence-electron chi connectivity index (χ4n) is 1.79. The van der Waals surface area contributed by atoms with Crippen molar-refractivity contribution in [1.29, 1.82) is 0 Å². The minimum atomic E-state index is -0.397. The van der Waals surface area contributed by atoms with Crippen LogP contribution < -0.4 is 0 Å². The Labute approximate surface area is 107 Å². The van der Waals surface area contributed by atoms with Gasteiger partial charge in [-0.2, -0.15) is 0 Å². The number of likely N-dealkylation sites (tertiary alicyclic amines) is 1. The zero-order chi connectivity index (χ0) is 11.7. The summed E-state index contributed by atoms with van der Waals surface area (Å²) in [6.07, 6.45) is 0.250. The second kappa shape index (κ2) is 4.73. The van der Waals surface area contributed by atoms with Crippen LogP contribution in [0.2, 0.25) is 5.02 Å². The van der Waals surface area contributed by atoms with Crippen LogP contribution in [0.25, 0.3) is 0 Å². The van der Waals surface area contributed by atoms with Crippen molar-refractivity contribution in [2.24, 2.45) is 0 Å². The van der Waals surface area contributed by atoms with Crippen molar-refractivity contribution in [1.82, 2.24) is 4.90 Å². The highest BCUT2D eigenvalue weighted by Gasteiger charge is 2.25. The van der Waals surface area contributed by atoms with Crippen LogP contribution in [0.15, 0.2) is 22.7 Å². The Hall–Kier alpha value is -0.580. The molecule has 2 rings (SSSR count). The first-order valence-electron chi connectivity index (χ1n) is 4.99. The minimum absolute atomic E-state index is 0.0836. The van der Waals surface area contributed by atoms with Gasteiger partial charge in [0.2, 0.25) is 0 Å². The van der Waals surface area contributed by atoms with Crippen molar-refractivity contribution in [3.63, 3.8) is 0 Å². The number of hydrogen-bond donors (Lipinski definition) is 1. The van der Waals surface area contributed by atoms with Crippen LogP contribution in [0, 0.1) is 0 Å². The van der Waals surface area contributed by atoms with Gasteiger partial charge in [-0.25, -0.2) is 0 Å². The molecule has 1 aliphatic heterocycles. The van der Waals surface area contributed by atoms with Crippen molar-refractivity contribution < 1.29 is 9.90 Å². The van der Waals surface area contributed by atoms with Gasteiger partial charge in [-0.05, 0) is 24.6 Å². The first kappa shape index (κ1) is 11.9. The highest BCUT2D eigenvalue weighted by atomic mass is 79.9. The van der Waals surface area contributed by atoms with E-state index in [2.05, 4.69) is 15.9 Å². The zero-order valence-corrected chi connectivity index (χ0v) is 10.8. The topological polar surface area (TPSA) is 40.5 Å². The van der Waals surface area contributed by atoms with Gasteiger partial charge in [0.15, 0.2) is 0 Å². The van der Waals surface area contributed by atoms with E-state index in [-0.39, 0.29) is 5.91 Å². The lowest BCUT2D eigenvalue weighted by molar-refractivity contribution is 0.0765. The van der Waals surface area contributed by atoms with E-state index in [0.717, 1.165) is 4.47 Å². The van der Waals surface area contributed by atoms with Crippen LogP contribution in [-0.4, -0.2) is 35.1 Å². The standard InChI is InChI=1S/C11H11BrClNO2/c12-8-3-7(4-9(13)5-8)11(16)14-2-1-10(15)6-14/h3-5,10,15H,1-2,6H2/t10-/m1/s1. The van der Waals surface area contributed by atoms with Crippen molar-refractivity contribution in [3.05, 3.63) is 33.3 Å². The summed E-state index contributed by atoms with van der Waals surface area (Å²) < 4.78 is 0.781. The van der Waals surface area contributed by atoms with Gasteiger partial charge in [0.05, 0.1) is 6.10 Å². The van der Waals surface area contributed by atoms with Crippen LogP contribution in [-0.2, 0) is 0 Å². The van der Waals surface area contributed by atoms with Crippen molar-refractivity contribution in [2.75, 3.05) is 13.1 Å². The maximum Gasteiger partial charge on any atom is 0.254 e. The molecule has 0 aromatic heterocycles. The minimum Gasteiger partial charge on any atom is -0.391 e. The van der Waals surface area contributed by atoms with Crippen molar-refractivity contribution in [2.45, 2.75) is 12.5 Å². The molecule has 0 bridgehead atoms. The lowest BCUT2D eigenvalue weighted by Gasteiger charge is -2.15. The number of benzene rings is 1. The molecular weight excluding hydrogens is 293 g/mol.